The van der Waals surface area contributed by atoms with E-state index in [0.29, 0.717) is 0 Å². The molecule has 2 amide bonds. The predicted octanol–water partition coefficient (Wildman–Crippen LogP) is 0.863. The smallest absolute Gasteiger partial charge is 0.394 e. The molecule has 98 valence electrons. The summed E-state index contributed by atoms with van der Waals surface area (Å²) in [5.41, 5.74) is 0. The Morgan fingerprint density at radius 2 is 1.82 bits per heavy atom. The minimum atomic E-state index is -4.61. The van der Waals surface area contributed by atoms with Crippen molar-refractivity contribution in [3.8, 4) is 0 Å². The molecule has 1 N–H and O–H groups in total. The largest absolute Gasteiger partial charge is 0.481 e. The fraction of sp³-hybridized carbons (Fsp3) is 0.778. The summed E-state index contributed by atoms with van der Waals surface area (Å²) in [6.07, 6.45) is -4.61. The molecule has 1 saturated heterocycles. The van der Waals surface area contributed by atoms with Crippen LogP contribution in [0.1, 0.15) is 0 Å². The molecule has 0 radical (unpaired) electrons. The lowest BCUT2D eigenvalue weighted by molar-refractivity contribution is -0.187. The van der Waals surface area contributed by atoms with Crippen molar-refractivity contribution in [2.75, 3.05) is 27.2 Å². The van der Waals surface area contributed by atoms with Crippen molar-refractivity contribution in [3.63, 3.8) is 0 Å². The maximum Gasteiger partial charge on any atom is 0.394 e. The molecule has 1 aliphatic heterocycles. The topological polar surface area (TPSA) is 60.9 Å². The van der Waals surface area contributed by atoms with Crippen LogP contribution in [0.5, 0.6) is 0 Å². The highest BCUT2D eigenvalue weighted by Crippen LogP contribution is 2.37. The average molecular weight is 254 g/mol. The molecule has 0 bridgehead atoms. The van der Waals surface area contributed by atoms with Gasteiger partial charge in [-0.15, -0.1) is 0 Å². The summed E-state index contributed by atoms with van der Waals surface area (Å²) in [5.74, 6) is -5.11. The molecule has 17 heavy (non-hydrogen) atoms. The molecule has 8 heteroatoms. The van der Waals surface area contributed by atoms with Gasteiger partial charge in [0, 0.05) is 27.2 Å². The zero-order chi connectivity index (χ0) is 13.4. The number of nitrogens with zero attached hydrogens (tertiary/aromatic N) is 2. The van der Waals surface area contributed by atoms with Gasteiger partial charge >= 0.3 is 18.2 Å². The Kier molecular flexibility index (Phi) is 3.53. The highest BCUT2D eigenvalue weighted by molar-refractivity contribution is 5.77. The van der Waals surface area contributed by atoms with Crippen molar-refractivity contribution < 1.29 is 27.9 Å². The van der Waals surface area contributed by atoms with Gasteiger partial charge in [-0.1, -0.05) is 0 Å². The normalized spacial score (nSPS) is 24.9. The van der Waals surface area contributed by atoms with Crippen LogP contribution in [0.3, 0.4) is 0 Å². The highest BCUT2D eigenvalue weighted by Gasteiger charge is 2.53. The second-order valence-electron chi connectivity index (χ2n) is 4.17. The van der Waals surface area contributed by atoms with Gasteiger partial charge in [-0.05, 0) is 0 Å². The van der Waals surface area contributed by atoms with Gasteiger partial charge in [-0.2, -0.15) is 13.2 Å². The second-order valence-corrected chi connectivity index (χ2v) is 4.17. The summed E-state index contributed by atoms with van der Waals surface area (Å²) in [5, 5.41) is 8.73. The van der Waals surface area contributed by atoms with E-state index >= 15 is 0 Å². The summed E-state index contributed by atoms with van der Waals surface area (Å²) >= 11 is 0. The molecule has 0 saturated carbocycles. The van der Waals surface area contributed by atoms with Crippen molar-refractivity contribution in [2.45, 2.75) is 6.18 Å². The van der Waals surface area contributed by atoms with Crippen LogP contribution in [-0.2, 0) is 4.79 Å². The number of halogens is 3. The van der Waals surface area contributed by atoms with Gasteiger partial charge < -0.3 is 14.9 Å². The third kappa shape index (κ3) is 2.80. The van der Waals surface area contributed by atoms with E-state index < -0.39 is 43.1 Å². The number of carboxylic acids is 1. The van der Waals surface area contributed by atoms with Gasteiger partial charge in [0.2, 0.25) is 0 Å². The van der Waals surface area contributed by atoms with Gasteiger partial charge in [0.15, 0.2) is 0 Å². The van der Waals surface area contributed by atoms with Crippen LogP contribution in [-0.4, -0.2) is 60.3 Å². The minimum Gasteiger partial charge on any atom is -0.481 e. The Morgan fingerprint density at radius 1 is 1.29 bits per heavy atom. The summed E-state index contributed by atoms with van der Waals surface area (Å²) < 4.78 is 37.8. The molecule has 2 atom stereocenters. The average Bonchev–Trinajstić information content (AvgIpc) is 2.59. The van der Waals surface area contributed by atoms with Crippen LogP contribution in [0.4, 0.5) is 18.0 Å². The van der Waals surface area contributed by atoms with Crippen molar-refractivity contribution in [1.82, 2.24) is 9.80 Å². The van der Waals surface area contributed by atoms with Crippen LogP contribution in [0.2, 0.25) is 0 Å². The molecule has 0 aliphatic carbocycles. The SMILES string of the molecule is CN(C)C(=O)N1C[C@@H](C(F)(F)F)[C@H](C(=O)O)C1. The Labute approximate surface area is 95.8 Å². The quantitative estimate of drug-likeness (QED) is 0.755. The number of carbonyl (C=O) groups excluding carboxylic acids is 1. The highest BCUT2D eigenvalue weighted by atomic mass is 19.4. The first kappa shape index (κ1) is 13.6. The number of carboxylic acid groups (broad SMARTS) is 1. The van der Waals surface area contributed by atoms with Gasteiger partial charge in [0.1, 0.15) is 0 Å². The van der Waals surface area contributed by atoms with Crippen LogP contribution in [0.15, 0.2) is 0 Å². The molecule has 0 aromatic carbocycles. The van der Waals surface area contributed by atoms with Crippen LogP contribution in [0.25, 0.3) is 0 Å². The number of hydrogen-bond acceptors (Lipinski definition) is 2. The molecule has 1 rings (SSSR count). The zero-order valence-corrected chi connectivity index (χ0v) is 9.36. The fourth-order valence-corrected chi connectivity index (χ4v) is 1.82. The molecule has 5 nitrogen and oxygen atoms in total. The lowest BCUT2D eigenvalue weighted by Crippen LogP contribution is -2.38. The fourth-order valence-electron chi connectivity index (χ4n) is 1.82. The summed E-state index contributed by atoms with van der Waals surface area (Å²) in [7, 11) is 2.80. The summed E-state index contributed by atoms with van der Waals surface area (Å²) in [6, 6.07) is -0.608. The number of carbonyl (C=O) groups is 2. The van der Waals surface area contributed by atoms with E-state index in [4.69, 9.17) is 5.11 Å². The monoisotopic (exact) mass is 254 g/mol. The maximum atomic E-state index is 12.6. The van der Waals surface area contributed by atoms with Gasteiger partial charge in [-0.25, -0.2) is 4.79 Å². The molecule has 0 aromatic rings. The first-order valence-electron chi connectivity index (χ1n) is 4.90. The molecule has 0 aromatic heterocycles. The number of rotatable bonds is 1. The van der Waals surface area contributed by atoms with Gasteiger partial charge in [0.25, 0.3) is 0 Å². The van der Waals surface area contributed by atoms with Crippen molar-refractivity contribution in [1.29, 1.82) is 0 Å². The Bertz CT molecular complexity index is 330. The standard InChI is InChI=1S/C9H13F3N2O3/c1-13(2)8(17)14-3-5(7(15)16)6(4-14)9(10,11)12/h5-6H,3-4H2,1-2H3,(H,15,16)/t5-,6-/m1/s1. The van der Waals surface area contributed by atoms with E-state index in [9.17, 15) is 22.8 Å². The van der Waals surface area contributed by atoms with E-state index in [2.05, 4.69) is 0 Å². The Morgan fingerprint density at radius 3 is 2.12 bits per heavy atom. The third-order valence-corrected chi connectivity index (χ3v) is 2.71. The number of alkyl halides is 3. The second kappa shape index (κ2) is 4.42. The lowest BCUT2D eigenvalue weighted by Gasteiger charge is -2.21. The molecule has 0 unspecified atom stereocenters. The number of likely N-dealkylation sites (tertiary alicyclic amines) is 1. The summed E-state index contributed by atoms with van der Waals surface area (Å²) in [4.78, 5) is 24.3. The van der Waals surface area contributed by atoms with Crippen molar-refractivity contribution >= 4 is 12.0 Å². The Balaban J connectivity index is 2.87. The number of hydrogen-bond donors (Lipinski definition) is 1. The van der Waals surface area contributed by atoms with Crippen molar-refractivity contribution in [3.05, 3.63) is 0 Å². The van der Waals surface area contributed by atoms with Gasteiger partial charge in [-0.3, -0.25) is 4.79 Å². The van der Waals surface area contributed by atoms with E-state index in [1.54, 1.807) is 0 Å². The first-order chi connectivity index (χ1) is 7.64. The van der Waals surface area contributed by atoms with Crippen molar-refractivity contribution in [2.24, 2.45) is 11.8 Å². The zero-order valence-electron chi connectivity index (χ0n) is 9.36. The van der Waals surface area contributed by atoms with Crippen LogP contribution in [0, 0.1) is 11.8 Å². The lowest BCUT2D eigenvalue weighted by atomic mass is 9.96. The van der Waals surface area contributed by atoms with E-state index in [0.717, 1.165) is 9.80 Å². The summed E-state index contributed by atoms with van der Waals surface area (Å²) in [6.45, 7) is -1.01. The first-order valence-corrected chi connectivity index (χ1v) is 4.90. The number of urea groups is 1. The number of aliphatic carboxylic acids is 1. The maximum absolute atomic E-state index is 12.6. The molecule has 1 heterocycles. The third-order valence-electron chi connectivity index (χ3n) is 2.71. The van der Waals surface area contributed by atoms with E-state index in [1.165, 1.54) is 14.1 Å². The van der Waals surface area contributed by atoms with Crippen LogP contribution >= 0.6 is 0 Å². The molecular weight excluding hydrogens is 241 g/mol. The minimum absolute atomic E-state index is 0.406. The van der Waals surface area contributed by atoms with Crippen LogP contribution < -0.4 is 0 Å². The molecule has 1 aliphatic rings. The number of amides is 2. The van der Waals surface area contributed by atoms with E-state index in [1.807, 2.05) is 0 Å². The van der Waals surface area contributed by atoms with E-state index in [-0.39, 0.29) is 0 Å². The molecular formula is C9H13F3N2O3. The molecule has 1 fully saturated rings. The van der Waals surface area contributed by atoms with Gasteiger partial charge in [0.05, 0.1) is 11.8 Å². The predicted molar refractivity (Wildman–Crippen MR) is 51.3 cm³/mol. The molecule has 0 spiro atoms. The Hall–Kier alpha value is -1.47.